The zero-order valence-corrected chi connectivity index (χ0v) is 8.62. The number of amides is 1. The Morgan fingerprint density at radius 2 is 2.36 bits per heavy atom. The van der Waals surface area contributed by atoms with E-state index in [1.165, 1.54) is 0 Å². The first-order valence-corrected chi connectivity index (χ1v) is 5.39. The molecule has 1 unspecified atom stereocenters. The van der Waals surface area contributed by atoms with Crippen LogP contribution in [0.2, 0.25) is 0 Å². The van der Waals surface area contributed by atoms with E-state index in [2.05, 4.69) is 5.32 Å². The van der Waals surface area contributed by atoms with Crippen LogP contribution in [0, 0.1) is 0 Å². The number of hydrogen-bond donors (Lipinski definition) is 2. The van der Waals surface area contributed by atoms with Crippen LogP contribution in [0.25, 0.3) is 0 Å². The summed E-state index contributed by atoms with van der Waals surface area (Å²) in [4.78, 5) is 13.5. The summed E-state index contributed by atoms with van der Waals surface area (Å²) in [5, 5.41) is 12.9. The van der Waals surface area contributed by atoms with Crippen LogP contribution in [-0.2, 0) is 4.79 Å². The van der Waals surface area contributed by atoms with Crippen molar-refractivity contribution in [3.8, 4) is 0 Å². The number of hydrogen-bond acceptors (Lipinski definition) is 3. The van der Waals surface area contributed by atoms with Gasteiger partial charge < -0.3 is 15.3 Å². The molecule has 0 bridgehead atoms. The van der Waals surface area contributed by atoms with Gasteiger partial charge in [0, 0.05) is 0 Å². The van der Waals surface area contributed by atoms with Gasteiger partial charge in [-0.2, -0.15) is 0 Å². The highest BCUT2D eigenvalue weighted by atomic mass is 16.3. The first-order chi connectivity index (χ1) is 6.64. The van der Waals surface area contributed by atoms with Gasteiger partial charge in [-0.25, -0.2) is 0 Å². The second-order valence-electron chi connectivity index (χ2n) is 4.42. The van der Waals surface area contributed by atoms with Crippen LogP contribution >= 0.6 is 0 Å². The fourth-order valence-corrected chi connectivity index (χ4v) is 2.16. The first-order valence-electron chi connectivity index (χ1n) is 5.39. The molecule has 2 fully saturated rings. The molecule has 1 atom stereocenters. The standard InChI is InChI=1S/C10H18N2O2/c1-2-10(14)6-12(7-10)9(13)8-4-3-5-11-8/h8,11,14H,2-7H2,1H3. The minimum Gasteiger partial charge on any atom is -0.386 e. The third kappa shape index (κ3) is 1.64. The minimum absolute atomic E-state index is 0.0106. The fraction of sp³-hybridized carbons (Fsp3) is 0.900. The molecule has 80 valence electrons. The summed E-state index contributed by atoms with van der Waals surface area (Å²) in [6, 6.07) is 0.0106. The maximum atomic E-state index is 11.8. The SMILES string of the molecule is CCC1(O)CN(C(=O)C2CCCN2)C1. The smallest absolute Gasteiger partial charge is 0.239 e. The van der Waals surface area contributed by atoms with E-state index < -0.39 is 5.60 Å². The largest absolute Gasteiger partial charge is 0.386 e. The second-order valence-corrected chi connectivity index (χ2v) is 4.42. The van der Waals surface area contributed by atoms with E-state index in [-0.39, 0.29) is 11.9 Å². The average Bonchev–Trinajstić information content (AvgIpc) is 2.64. The van der Waals surface area contributed by atoms with E-state index in [1.807, 2.05) is 6.92 Å². The number of nitrogens with zero attached hydrogens (tertiary/aromatic N) is 1. The molecule has 2 saturated heterocycles. The van der Waals surface area contributed by atoms with Crippen LogP contribution in [-0.4, -0.2) is 47.2 Å². The summed E-state index contributed by atoms with van der Waals surface area (Å²) in [6.45, 7) is 3.93. The maximum Gasteiger partial charge on any atom is 0.239 e. The lowest BCUT2D eigenvalue weighted by Crippen LogP contribution is -2.65. The molecule has 4 heteroatoms. The maximum absolute atomic E-state index is 11.8. The Morgan fingerprint density at radius 1 is 1.64 bits per heavy atom. The molecule has 0 radical (unpaired) electrons. The van der Waals surface area contributed by atoms with Gasteiger partial charge in [-0.15, -0.1) is 0 Å². The lowest BCUT2D eigenvalue weighted by Gasteiger charge is -2.46. The van der Waals surface area contributed by atoms with Crippen molar-refractivity contribution in [3.05, 3.63) is 0 Å². The molecule has 2 aliphatic rings. The Labute approximate surface area is 84.3 Å². The summed E-state index contributed by atoms with van der Waals surface area (Å²) < 4.78 is 0. The lowest BCUT2D eigenvalue weighted by molar-refractivity contribution is -0.157. The predicted octanol–water partition coefficient (Wildman–Crippen LogP) is -0.278. The Bertz CT molecular complexity index is 230. The van der Waals surface area contributed by atoms with Crippen molar-refractivity contribution in [1.82, 2.24) is 10.2 Å². The number of nitrogens with one attached hydrogen (secondary N) is 1. The highest BCUT2D eigenvalue weighted by Gasteiger charge is 2.43. The number of β-amino-alcohol motifs (C(OH)–C–C–N with tert-alkyl or cyclic N) is 1. The van der Waals surface area contributed by atoms with Gasteiger partial charge in [0.2, 0.25) is 5.91 Å². The first kappa shape index (κ1) is 9.93. The van der Waals surface area contributed by atoms with Crippen LogP contribution in [0.3, 0.4) is 0 Å². The van der Waals surface area contributed by atoms with Crippen LogP contribution < -0.4 is 5.32 Å². The van der Waals surface area contributed by atoms with Crippen LogP contribution in [0.5, 0.6) is 0 Å². The molecule has 2 aliphatic heterocycles. The van der Waals surface area contributed by atoms with Gasteiger partial charge >= 0.3 is 0 Å². The summed E-state index contributed by atoms with van der Waals surface area (Å²) in [5.41, 5.74) is -0.603. The zero-order valence-electron chi connectivity index (χ0n) is 8.62. The molecule has 2 N–H and O–H groups in total. The fourth-order valence-electron chi connectivity index (χ4n) is 2.16. The van der Waals surface area contributed by atoms with Gasteiger partial charge in [-0.3, -0.25) is 4.79 Å². The summed E-state index contributed by atoms with van der Waals surface area (Å²) in [7, 11) is 0. The van der Waals surface area contributed by atoms with E-state index in [9.17, 15) is 9.90 Å². The quantitative estimate of drug-likeness (QED) is 0.642. The van der Waals surface area contributed by atoms with Crippen molar-refractivity contribution in [2.75, 3.05) is 19.6 Å². The number of likely N-dealkylation sites (tertiary alicyclic amines) is 1. The molecule has 1 amide bonds. The highest BCUT2D eigenvalue weighted by Crippen LogP contribution is 2.25. The molecular formula is C10H18N2O2. The summed E-state index contributed by atoms with van der Waals surface area (Å²) in [6.07, 6.45) is 2.76. The van der Waals surface area contributed by atoms with Crippen molar-refractivity contribution in [2.45, 2.75) is 37.8 Å². The Hall–Kier alpha value is -0.610. The van der Waals surface area contributed by atoms with Crippen molar-refractivity contribution >= 4 is 5.91 Å². The Balaban J connectivity index is 1.84. The van der Waals surface area contributed by atoms with Crippen molar-refractivity contribution in [3.63, 3.8) is 0 Å². The van der Waals surface area contributed by atoms with Gasteiger partial charge in [0.05, 0.1) is 24.7 Å². The summed E-state index contributed by atoms with van der Waals surface area (Å²) >= 11 is 0. The number of carbonyl (C=O) groups is 1. The van der Waals surface area contributed by atoms with Gasteiger partial charge in [-0.1, -0.05) is 6.92 Å². The lowest BCUT2D eigenvalue weighted by atomic mass is 9.90. The third-order valence-corrected chi connectivity index (χ3v) is 3.30. The van der Waals surface area contributed by atoms with Gasteiger partial charge in [0.15, 0.2) is 0 Å². The van der Waals surface area contributed by atoms with E-state index in [4.69, 9.17) is 0 Å². The molecule has 0 aromatic carbocycles. The number of aliphatic hydroxyl groups is 1. The summed E-state index contributed by atoms with van der Waals surface area (Å²) in [5.74, 6) is 0.167. The Morgan fingerprint density at radius 3 is 2.86 bits per heavy atom. The molecule has 14 heavy (non-hydrogen) atoms. The molecule has 0 aliphatic carbocycles. The molecule has 0 aromatic heterocycles. The van der Waals surface area contributed by atoms with Gasteiger partial charge in [-0.05, 0) is 25.8 Å². The third-order valence-electron chi connectivity index (χ3n) is 3.30. The van der Waals surface area contributed by atoms with Crippen molar-refractivity contribution in [1.29, 1.82) is 0 Å². The van der Waals surface area contributed by atoms with Crippen molar-refractivity contribution < 1.29 is 9.90 Å². The van der Waals surface area contributed by atoms with Crippen LogP contribution in [0.1, 0.15) is 26.2 Å². The monoisotopic (exact) mass is 198 g/mol. The van der Waals surface area contributed by atoms with Gasteiger partial charge in [0.25, 0.3) is 0 Å². The average molecular weight is 198 g/mol. The van der Waals surface area contributed by atoms with Gasteiger partial charge in [0.1, 0.15) is 0 Å². The zero-order chi connectivity index (χ0) is 10.2. The number of rotatable bonds is 2. The molecule has 0 saturated carbocycles. The van der Waals surface area contributed by atoms with E-state index in [0.717, 1.165) is 25.8 Å². The van der Waals surface area contributed by atoms with Crippen LogP contribution in [0.4, 0.5) is 0 Å². The molecular weight excluding hydrogens is 180 g/mol. The van der Waals surface area contributed by atoms with Crippen LogP contribution in [0.15, 0.2) is 0 Å². The molecule has 2 rings (SSSR count). The minimum atomic E-state index is -0.603. The second kappa shape index (κ2) is 3.51. The predicted molar refractivity (Wildman–Crippen MR) is 52.8 cm³/mol. The molecule has 2 heterocycles. The number of carbonyl (C=O) groups excluding carboxylic acids is 1. The Kier molecular flexibility index (Phi) is 2.49. The normalized spacial score (nSPS) is 30.1. The highest BCUT2D eigenvalue weighted by molar-refractivity contribution is 5.83. The molecule has 0 spiro atoms. The van der Waals surface area contributed by atoms with E-state index in [0.29, 0.717) is 13.1 Å². The van der Waals surface area contributed by atoms with Crippen molar-refractivity contribution in [2.24, 2.45) is 0 Å². The topological polar surface area (TPSA) is 52.6 Å². The molecule has 0 aromatic rings. The van der Waals surface area contributed by atoms with E-state index in [1.54, 1.807) is 4.90 Å². The molecule has 4 nitrogen and oxygen atoms in total. The van der Waals surface area contributed by atoms with E-state index >= 15 is 0 Å².